The maximum atomic E-state index is 12.9. The molecule has 0 aliphatic heterocycles. The highest BCUT2D eigenvalue weighted by Gasteiger charge is 2.28. The lowest BCUT2D eigenvalue weighted by Crippen LogP contribution is -2.54. The summed E-state index contributed by atoms with van der Waals surface area (Å²) >= 11 is 0. The fourth-order valence-corrected chi connectivity index (χ4v) is 3.63. The molecule has 228 valence electrons. The first kappa shape index (κ1) is 36.2. The van der Waals surface area contributed by atoms with E-state index < -0.39 is 73.6 Å². The van der Waals surface area contributed by atoms with Crippen LogP contribution in [0.1, 0.15) is 47.5 Å². The summed E-state index contributed by atoms with van der Waals surface area (Å²) in [5.41, 5.74) is 0. The Morgan fingerprint density at radius 1 is 0.750 bits per heavy atom. The molecular formula is C25H45N7O8. The van der Waals surface area contributed by atoms with Crippen molar-refractivity contribution in [1.82, 2.24) is 36.8 Å². The second-order valence-electron chi connectivity index (χ2n) is 10.3. The van der Waals surface area contributed by atoms with Gasteiger partial charge in [-0.2, -0.15) is 0 Å². The highest BCUT2D eigenvalue weighted by molar-refractivity contribution is 5.93. The molecule has 6 amide bonds. The molecule has 0 bridgehead atoms. The fraction of sp³-hybridized carbons (Fsp3) is 0.720. The molecule has 0 heterocycles. The van der Waals surface area contributed by atoms with E-state index in [1.165, 1.54) is 19.0 Å². The highest BCUT2D eigenvalue weighted by Crippen LogP contribution is 2.06. The van der Waals surface area contributed by atoms with Crippen molar-refractivity contribution in [3.63, 3.8) is 0 Å². The Hall–Kier alpha value is -3.75. The van der Waals surface area contributed by atoms with E-state index in [1.807, 2.05) is 20.8 Å². The largest absolute Gasteiger partial charge is 0.481 e. The van der Waals surface area contributed by atoms with Crippen LogP contribution in [0.25, 0.3) is 0 Å². The van der Waals surface area contributed by atoms with Crippen LogP contribution >= 0.6 is 0 Å². The molecule has 0 aromatic heterocycles. The molecule has 0 aromatic rings. The minimum atomic E-state index is -1.19. The van der Waals surface area contributed by atoms with E-state index in [9.17, 15) is 33.6 Å². The van der Waals surface area contributed by atoms with E-state index in [-0.39, 0.29) is 24.4 Å². The lowest BCUT2D eigenvalue weighted by molar-refractivity contribution is -0.140. The molecule has 0 aliphatic carbocycles. The van der Waals surface area contributed by atoms with Gasteiger partial charge < -0.3 is 41.9 Å². The molecule has 3 unspecified atom stereocenters. The molecule has 0 aliphatic rings. The fourth-order valence-electron chi connectivity index (χ4n) is 3.63. The van der Waals surface area contributed by atoms with E-state index in [2.05, 4.69) is 31.9 Å². The highest BCUT2D eigenvalue weighted by atomic mass is 16.4. The van der Waals surface area contributed by atoms with Gasteiger partial charge >= 0.3 is 5.97 Å². The molecule has 40 heavy (non-hydrogen) atoms. The van der Waals surface area contributed by atoms with Crippen molar-refractivity contribution in [2.75, 3.05) is 40.3 Å². The smallest absolute Gasteiger partial charge is 0.305 e. The molecule has 7 N–H and O–H groups in total. The van der Waals surface area contributed by atoms with Crippen molar-refractivity contribution in [3.8, 4) is 0 Å². The van der Waals surface area contributed by atoms with Gasteiger partial charge in [-0.1, -0.05) is 27.7 Å². The monoisotopic (exact) mass is 571 g/mol. The summed E-state index contributed by atoms with van der Waals surface area (Å²) in [6, 6.07) is -2.00. The minimum absolute atomic E-state index is 0.0433. The Balaban J connectivity index is 4.60. The number of nitrogens with one attached hydrogen (secondary N) is 6. The van der Waals surface area contributed by atoms with Gasteiger partial charge in [0.2, 0.25) is 35.4 Å². The quantitative estimate of drug-likeness (QED) is 0.0928. The Bertz CT molecular complexity index is 910. The lowest BCUT2D eigenvalue weighted by atomic mass is 10.0. The van der Waals surface area contributed by atoms with Crippen molar-refractivity contribution < 1.29 is 38.7 Å². The number of hydrogen-bond donors (Lipinski definition) is 7. The van der Waals surface area contributed by atoms with Gasteiger partial charge in [-0.05, 0) is 32.2 Å². The zero-order valence-electron chi connectivity index (χ0n) is 24.4. The van der Waals surface area contributed by atoms with Crippen LogP contribution < -0.4 is 31.9 Å². The molecule has 0 fully saturated rings. The number of hydrogen-bond acceptors (Lipinski definition) is 8. The Morgan fingerprint density at radius 3 is 1.75 bits per heavy atom. The number of carbonyl (C=O) groups is 7. The third kappa shape index (κ3) is 15.6. The zero-order chi connectivity index (χ0) is 31.0. The number of carbonyl (C=O) groups excluding carboxylic acids is 6. The van der Waals surface area contributed by atoms with E-state index in [0.717, 1.165) is 6.42 Å². The maximum Gasteiger partial charge on any atom is 0.305 e. The van der Waals surface area contributed by atoms with Crippen molar-refractivity contribution in [3.05, 3.63) is 0 Å². The summed E-state index contributed by atoms with van der Waals surface area (Å²) < 4.78 is 0. The number of likely N-dealkylation sites (N-methyl/N-ethyl adjacent to an activating group) is 2. The van der Waals surface area contributed by atoms with E-state index >= 15 is 0 Å². The summed E-state index contributed by atoms with van der Waals surface area (Å²) in [4.78, 5) is 85.3. The molecule has 0 saturated carbocycles. The van der Waals surface area contributed by atoms with Gasteiger partial charge in [0.15, 0.2) is 0 Å². The van der Waals surface area contributed by atoms with Gasteiger partial charge in [0, 0.05) is 13.1 Å². The Labute approximate surface area is 234 Å². The van der Waals surface area contributed by atoms with Gasteiger partial charge in [0.05, 0.1) is 38.6 Å². The number of amides is 6. The third-order valence-electron chi connectivity index (χ3n) is 5.60. The van der Waals surface area contributed by atoms with Crippen molar-refractivity contribution >= 4 is 41.4 Å². The second-order valence-corrected chi connectivity index (χ2v) is 10.3. The van der Waals surface area contributed by atoms with Gasteiger partial charge in [0.25, 0.3) is 0 Å². The predicted molar refractivity (Wildman–Crippen MR) is 146 cm³/mol. The first-order valence-corrected chi connectivity index (χ1v) is 13.1. The van der Waals surface area contributed by atoms with Crippen LogP contribution in [-0.2, 0) is 33.6 Å². The number of carboxylic acid groups (broad SMARTS) is 1. The van der Waals surface area contributed by atoms with Crippen molar-refractivity contribution in [2.45, 2.75) is 65.6 Å². The number of carboxylic acids is 1. The van der Waals surface area contributed by atoms with Crippen LogP contribution in [-0.4, -0.2) is 110 Å². The summed E-state index contributed by atoms with van der Waals surface area (Å²) in [5.74, 6) is -4.58. The first-order valence-electron chi connectivity index (χ1n) is 13.1. The van der Waals surface area contributed by atoms with E-state index in [1.54, 1.807) is 13.8 Å². The van der Waals surface area contributed by atoms with Gasteiger partial charge in [-0.15, -0.1) is 0 Å². The zero-order valence-corrected chi connectivity index (χ0v) is 24.4. The summed E-state index contributed by atoms with van der Waals surface area (Å²) in [6.45, 7) is 7.84. The predicted octanol–water partition coefficient (Wildman–Crippen LogP) is -2.45. The first-order chi connectivity index (χ1) is 18.6. The molecular weight excluding hydrogens is 526 g/mol. The van der Waals surface area contributed by atoms with Crippen LogP contribution in [0.15, 0.2) is 0 Å². The van der Waals surface area contributed by atoms with Gasteiger partial charge in [-0.3, -0.25) is 33.6 Å². The normalized spacial score (nSPS) is 13.0. The van der Waals surface area contributed by atoms with Crippen LogP contribution in [0.2, 0.25) is 0 Å². The SMILES string of the molecule is CNC(CC(=O)O)C(=O)NCC(=O)NCC(=O)NCC(=O)NC(C(=O)N(C)CC(=O)NC(C)CC(C)C)C(C)C. The molecule has 0 rings (SSSR count). The third-order valence-corrected chi connectivity index (χ3v) is 5.60. The van der Waals surface area contributed by atoms with E-state index in [0.29, 0.717) is 5.92 Å². The molecule has 0 aromatic carbocycles. The molecule has 0 radical (unpaired) electrons. The van der Waals surface area contributed by atoms with Crippen LogP contribution in [0.3, 0.4) is 0 Å². The Kier molecular flexibility index (Phi) is 16.8. The van der Waals surface area contributed by atoms with Crippen LogP contribution in [0.4, 0.5) is 0 Å². The number of nitrogens with zero attached hydrogens (tertiary/aromatic N) is 1. The summed E-state index contributed by atoms with van der Waals surface area (Å²) in [7, 11) is 2.87. The molecule has 15 heteroatoms. The average Bonchev–Trinajstić information content (AvgIpc) is 2.84. The second kappa shape index (κ2) is 18.5. The van der Waals surface area contributed by atoms with Gasteiger partial charge in [-0.25, -0.2) is 0 Å². The van der Waals surface area contributed by atoms with Gasteiger partial charge in [0.1, 0.15) is 6.04 Å². The topological polar surface area (TPSA) is 215 Å². The number of rotatable bonds is 18. The number of aliphatic carboxylic acids is 1. The molecule has 15 nitrogen and oxygen atoms in total. The molecule has 0 spiro atoms. The lowest BCUT2D eigenvalue weighted by Gasteiger charge is -2.27. The van der Waals surface area contributed by atoms with Crippen molar-refractivity contribution in [2.24, 2.45) is 11.8 Å². The van der Waals surface area contributed by atoms with Crippen LogP contribution in [0.5, 0.6) is 0 Å². The maximum absolute atomic E-state index is 12.9. The molecule has 3 atom stereocenters. The van der Waals surface area contributed by atoms with Crippen molar-refractivity contribution in [1.29, 1.82) is 0 Å². The Morgan fingerprint density at radius 2 is 1.27 bits per heavy atom. The van der Waals surface area contributed by atoms with Crippen LogP contribution in [0, 0.1) is 11.8 Å². The summed E-state index contributed by atoms with van der Waals surface area (Å²) in [6.07, 6.45) is 0.326. The minimum Gasteiger partial charge on any atom is -0.481 e. The standard InChI is InChI=1S/C25H45N7O8/c1-14(2)8-16(5)30-21(36)13-32(7)25(40)23(15(3)4)31-20(35)12-28-18(33)10-27-19(34)11-29-24(39)17(26-6)9-22(37)38/h14-17,23,26H,8-13H2,1-7H3,(H,27,34)(H,28,33)(H,29,39)(H,30,36)(H,31,35)(H,37,38). The molecule has 0 saturated heterocycles. The average molecular weight is 572 g/mol. The summed E-state index contributed by atoms with van der Waals surface area (Å²) in [5, 5.41) is 23.5. The van der Waals surface area contributed by atoms with E-state index in [4.69, 9.17) is 5.11 Å².